The van der Waals surface area contributed by atoms with Crippen molar-refractivity contribution >= 4 is 23.3 Å². The van der Waals surface area contributed by atoms with Gasteiger partial charge in [0, 0.05) is 38.3 Å². The molecule has 1 aliphatic heterocycles. The third kappa shape index (κ3) is 5.72. The van der Waals surface area contributed by atoms with E-state index in [1.54, 1.807) is 11.0 Å². The number of benzene rings is 2. The highest BCUT2D eigenvalue weighted by Crippen LogP contribution is 2.26. The lowest BCUT2D eigenvalue weighted by molar-refractivity contribution is -0.136. The van der Waals surface area contributed by atoms with Crippen LogP contribution in [0.4, 0.5) is 10.2 Å². The van der Waals surface area contributed by atoms with Gasteiger partial charge in [-0.2, -0.15) is 0 Å². The van der Waals surface area contributed by atoms with Crippen LogP contribution in [-0.4, -0.2) is 53.6 Å². The maximum absolute atomic E-state index is 13.3. The topological polar surface area (TPSA) is 67.8 Å². The van der Waals surface area contributed by atoms with Crippen LogP contribution in [0, 0.1) is 5.82 Å². The molecule has 1 amide bonds. The lowest BCUT2D eigenvalue weighted by Crippen LogP contribution is -2.50. The van der Waals surface area contributed by atoms with E-state index < -0.39 is 5.82 Å². The third-order valence-electron chi connectivity index (χ3n) is 5.03. The second-order valence-corrected chi connectivity index (χ2v) is 7.65. The number of halogens is 2. The van der Waals surface area contributed by atoms with E-state index in [0.717, 1.165) is 5.56 Å². The molecule has 7 nitrogen and oxygen atoms in total. The summed E-state index contributed by atoms with van der Waals surface area (Å²) in [5, 5.41) is -0.0229. The van der Waals surface area contributed by atoms with Gasteiger partial charge in [-0.3, -0.25) is 4.79 Å². The average Bonchev–Trinajstić information content (AvgIpc) is 2.82. The molecule has 0 bridgehead atoms. The van der Waals surface area contributed by atoms with Crippen LogP contribution in [0.5, 0.6) is 11.6 Å². The Morgan fingerprint density at radius 1 is 1.03 bits per heavy atom. The van der Waals surface area contributed by atoms with Crippen LogP contribution in [0.25, 0.3) is 0 Å². The van der Waals surface area contributed by atoms with Crippen molar-refractivity contribution in [1.29, 1.82) is 0 Å². The fraction of sp³-hybridized carbons (Fsp3) is 0.261. The van der Waals surface area contributed by atoms with Crippen LogP contribution < -0.4 is 9.64 Å². The van der Waals surface area contributed by atoms with Crippen molar-refractivity contribution in [2.75, 3.05) is 37.7 Å². The Balaban J connectivity index is 1.27. The molecular formula is C23H22ClFN4O3. The van der Waals surface area contributed by atoms with Gasteiger partial charge in [0.2, 0.25) is 11.8 Å². The van der Waals surface area contributed by atoms with E-state index in [-0.39, 0.29) is 17.5 Å². The Labute approximate surface area is 190 Å². The number of carbonyl (C=O) groups excluding carboxylic acids is 1. The number of anilines is 1. The highest BCUT2D eigenvalue weighted by Gasteiger charge is 2.22. The summed E-state index contributed by atoms with van der Waals surface area (Å²) in [6, 6.07) is 15.6. The summed E-state index contributed by atoms with van der Waals surface area (Å²) < 4.78 is 24.6. The minimum atomic E-state index is -0.514. The SMILES string of the molecule is O=C(COCc1ccccc1)N1CCN(c2cc(Oc3ccc(F)c(Cl)c3)ncn2)CC1. The summed E-state index contributed by atoms with van der Waals surface area (Å²) in [5.74, 6) is 0.855. The molecule has 0 radical (unpaired) electrons. The van der Waals surface area contributed by atoms with Crippen molar-refractivity contribution in [2.24, 2.45) is 0 Å². The van der Waals surface area contributed by atoms with Crippen LogP contribution in [0.1, 0.15) is 5.56 Å². The predicted molar refractivity (Wildman–Crippen MR) is 118 cm³/mol. The van der Waals surface area contributed by atoms with Crippen molar-refractivity contribution in [2.45, 2.75) is 6.61 Å². The van der Waals surface area contributed by atoms with E-state index in [9.17, 15) is 9.18 Å². The van der Waals surface area contributed by atoms with Gasteiger partial charge in [0.1, 0.15) is 30.3 Å². The first-order chi connectivity index (χ1) is 15.6. The van der Waals surface area contributed by atoms with Gasteiger partial charge in [0.25, 0.3) is 0 Å². The number of nitrogens with zero attached hydrogens (tertiary/aromatic N) is 4. The first kappa shape index (κ1) is 22.0. The number of aromatic nitrogens is 2. The maximum atomic E-state index is 13.3. The van der Waals surface area contributed by atoms with Crippen molar-refractivity contribution in [3.05, 3.63) is 77.3 Å². The molecule has 32 heavy (non-hydrogen) atoms. The number of rotatable bonds is 7. The maximum Gasteiger partial charge on any atom is 0.248 e. The zero-order valence-corrected chi connectivity index (χ0v) is 18.0. The fourth-order valence-corrected chi connectivity index (χ4v) is 3.50. The molecule has 2 heterocycles. The van der Waals surface area contributed by atoms with Gasteiger partial charge in [0.05, 0.1) is 11.6 Å². The number of carbonyl (C=O) groups is 1. The highest BCUT2D eigenvalue weighted by atomic mass is 35.5. The minimum absolute atomic E-state index is 0.0229. The predicted octanol–water partition coefficient (Wildman–Crippen LogP) is 3.93. The monoisotopic (exact) mass is 456 g/mol. The standard InChI is InChI=1S/C23H22ClFN4O3/c24-19-12-18(6-7-20(19)25)32-22-13-21(26-16-27-22)28-8-10-29(11-9-28)23(30)15-31-14-17-4-2-1-3-5-17/h1-7,12-13,16H,8-11,14-15H2. The summed E-state index contributed by atoms with van der Waals surface area (Å²) in [4.78, 5) is 24.7. The van der Waals surface area contributed by atoms with Gasteiger partial charge in [-0.1, -0.05) is 41.9 Å². The first-order valence-corrected chi connectivity index (χ1v) is 10.6. The molecule has 0 atom stereocenters. The van der Waals surface area contributed by atoms with E-state index in [4.69, 9.17) is 21.1 Å². The molecule has 1 fully saturated rings. The van der Waals surface area contributed by atoms with E-state index in [1.807, 2.05) is 30.3 Å². The van der Waals surface area contributed by atoms with E-state index in [0.29, 0.717) is 50.2 Å². The van der Waals surface area contributed by atoms with Crippen molar-refractivity contribution in [3.8, 4) is 11.6 Å². The average molecular weight is 457 g/mol. The summed E-state index contributed by atoms with van der Waals surface area (Å²) in [6.45, 7) is 2.87. The number of amides is 1. The molecule has 1 aliphatic rings. The number of ether oxygens (including phenoxy) is 2. The zero-order valence-electron chi connectivity index (χ0n) is 17.3. The Bertz CT molecular complexity index is 1060. The molecule has 9 heteroatoms. The Morgan fingerprint density at radius 2 is 1.81 bits per heavy atom. The van der Waals surface area contributed by atoms with Gasteiger partial charge < -0.3 is 19.3 Å². The second kappa shape index (κ2) is 10.4. The molecule has 166 valence electrons. The molecule has 2 aromatic carbocycles. The van der Waals surface area contributed by atoms with Crippen molar-refractivity contribution in [3.63, 3.8) is 0 Å². The van der Waals surface area contributed by atoms with Gasteiger partial charge in [-0.05, 0) is 17.7 Å². The van der Waals surface area contributed by atoms with Gasteiger partial charge in [-0.25, -0.2) is 14.4 Å². The van der Waals surface area contributed by atoms with Crippen LogP contribution in [0.2, 0.25) is 5.02 Å². The van der Waals surface area contributed by atoms with E-state index in [1.165, 1.54) is 24.5 Å². The Morgan fingerprint density at radius 3 is 2.56 bits per heavy atom. The van der Waals surface area contributed by atoms with Crippen LogP contribution in [-0.2, 0) is 16.1 Å². The van der Waals surface area contributed by atoms with Crippen molar-refractivity contribution < 1.29 is 18.7 Å². The molecule has 1 aromatic heterocycles. The molecule has 0 aliphatic carbocycles. The molecule has 3 aromatic rings. The fourth-order valence-electron chi connectivity index (χ4n) is 3.33. The number of hydrogen-bond donors (Lipinski definition) is 0. The van der Waals surface area contributed by atoms with Crippen LogP contribution in [0.3, 0.4) is 0 Å². The van der Waals surface area contributed by atoms with Crippen LogP contribution >= 0.6 is 11.6 Å². The molecule has 0 N–H and O–H groups in total. The molecule has 4 rings (SSSR count). The smallest absolute Gasteiger partial charge is 0.248 e. The molecule has 1 saturated heterocycles. The third-order valence-corrected chi connectivity index (χ3v) is 5.32. The summed E-state index contributed by atoms with van der Waals surface area (Å²) in [5.41, 5.74) is 1.04. The second-order valence-electron chi connectivity index (χ2n) is 7.24. The van der Waals surface area contributed by atoms with Gasteiger partial charge in [0.15, 0.2) is 0 Å². The lowest BCUT2D eigenvalue weighted by atomic mass is 10.2. The van der Waals surface area contributed by atoms with Gasteiger partial charge in [-0.15, -0.1) is 0 Å². The molecular weight excluding hydrogens is 435 g/mol. The lowest BCUT2D eigenvalue weighted by Gasteiger charge is -2.35. The first-order valence-electron chi connectivity index (χ1n) is 10.2. The Hall–Kier alpha value is -3.23. The van der Waals surface area contributed by atoms with Crippen molar-refractivity contribution in [1.82, 2.24) is 14.9 Å². The minimum Gasteiger partial charge on any atom is -0.439 e. The summed E-state index contributed by atoms with van der Waals surface area (Å²) in [6.07, 6.45) is 1.41. The largest absolute Gasteiger partial charge is 0.439 e. The normalized spacial score (nSPS) is 13.8. The highest BCUT2D eigenvalue weighted by molar-refractivity contribution is 6.30. The Kier molecular flexibility index (Phi) is 7.14. The summed E-state index contributed by atoms with van der Waals surface area (Å²) in [7, 11) is 0. The summed E-state index contributed by atoms with van der Waals surface area (Å²) >= 11 is 5.80. The zero-order chi connectivity index (χ0) is 22.3. The molecule has 0 saturated carbocycles. The van der Waals surface area contributed by atoms with E-state index in [2.05, 4.69) is 14.9 Å². The van der Waals surface area contributed by atoms with Gasteiger partial charge >= 0.3 is 0 Å². The molecule has 0 spiro atoms. The number of piperazine rings is 1. The number of hydrogen-bond acceptors (Lipinski definition) is 6. The quantitative estimate of drug-likeness (QED) is 0.536. The van der Waals surface area contributed by atoms with Crippen LogP contribution in [0.15, 0.2) is 60.9 Å². The molecule has 0 unspecified atom stereocenters. The van der Waals surface area contributed by atoms with E-state index >= 15 is 0 Å².